The summed E-state index contributed by atoms with van der Waals surface area (Å²) in [6, 6.07) is 2.95. The minimum absolute atomic E-state index is 0.110. The van der Waals surface area contributed by atoms with Gasteiger partial charge in [-0.15, -0.1) is 0 Å². The lowest BCUT2D eigenvalue weighted by atomic mass is 10.3. The lowest BCUT2D eigenvalue weighted by molar-refractivity contribution is 0.102. The first-order valence-electron chi connectivity index (χ1n) is 5.46. The summed E-state index contributed by atoms with van der Waals surface area (Å²) in [5.41, 5.74) is 0.452. The molecular formula is C11H8Cl3N3O3S. The fourth-order valence-corrected chi connectivity index (χ4v) is 3.88. The molecule has 0 radical (unpaired) electrons. The number of anilines is 1. The molecule has 2 aromatic heterocycles. The minimum Gasteiger partial charge on any atom is -0.352 e. The summed E-state index contributed by atoms with van der Waals surface area (Å²) in [6.07, 6.45) is 1.41. The third-order valence-electron chi connectivity index (χ3n) is 2.53. The Morgan fingerprint density at radius 2 is 2.05 bits per heavy atom. The maximum atomic E-state index is 12.1. The van der Waals surface area contributed by atoms with Crippen molar-refractivity contribution in [1.29, 1.82) is 0 Å². The van der Waals surface area contributed by atoms with E-state index < -0.39 is 15.0 Å². The molecule has 21 heavy (non-hydrogen) atoms. The molecule has 0 aliphatic heterocycles. The first kappa shape index (κ1) is 16.1. The van der Waals surface area contributed by atoms with E-state index in [2.05, 4.69) is 15.3 Å². The van der Waals surface area contributed by atoms with Crippen LogP contribution in [-0.4, -0.2) is 24.3 Å². The number of nitrogens with one attached hydrogen (secondary N) is 2. The molecule has 0 aliphatic carbocycles. The van der Waals surface area contributed by atoms with Crippen LogP contribution in [0.1, 0.15) is 16.2 Å². The Labute approximate surface area is 134 Å². The number of aromatic amines is 1. The van der Waals surface area contributed by atoms with Gasteiger partial charge in [0.25, 0.3) is 15.0 Å². The summed E-state index contributed by atoms with van der Waals surface area (Å²) >= 11 is 11.6. The number of carbonyl (C=O) groups is 1. The number of hydrogen-bond acceptors (Lipinski definition) is 4. The molecule has 2 rings (SSSR count). The zero-order valence-corrected chi connectivity index (χ0v) is 13.5. The molecule has 0 saturated carbocycles. The SMILES string of the molecule is Cc1[nH]c(C(=O)Nc2ccnc(Cl)c2)c(Cl)c1S(=O)(=O)Cl. The second kappa shape index (κ2) is 5.84. The highest BCUT2D eigenvalue weighted by Gasteiger charge is 2.26. The van der Waals surface area contributed by atoms with Crippen LogP contribution in [0.5, 0.6) is 0 Å². The Morgan fingerprint density at radius 1 is 1.38 bits per heavy atom. The van der Waals surface area contributed by atoms with Crippen molar-refractivity contribution < 1.29 is 13.2 Å². The molecule has 0 fully saturated rings. The molecule has 0 spiro atoms. The summed E-state index contributed by atoms with van der Waals surface area (Å²) in [5.74, 6) is -0.628. The quantitative estimate of drug-likeness (QED) is 0.643. The van der Waals surface area contributed by atoms with Crippen LogP contribution >= 0.6 is 33.9 Å². The third kappa shape index (κ3) is 3.49. The predicted octanol–water partition coefficient (Wildman–Crippen LogP) is 3.20. The molecule has 0 aliphatic rings. The predicted molar refractivity (Wildman–Crippen MR) is 80.8 cm³/mol. The van der Waals surface area contributed by atoms with Crippen molar-refractivity contribution in [3.05, 3.63) is 39.9 Å². The number of nitrogens with zero attached hydrogens (tertiary/aromatic N) is 1. The molecule has 0 atom stereocenters. The van der Waals surface area contributed by atoms with Gasteiger partial charge in [0.1, 0.15) is 15.7 Å². The first-order valence-corrected chi connectivity index (χ1v) is 8.52. The van der Waals surface area contributed by atoms with E-state index in [1.54, 1.807) is 0 Å². The van der Waals surface area contributed by atoms with Crippen LogP contribution in [0.3, 0.4) is 0 Å². The smallest absolute Gasteiger partial charge is 0.273 e. The molecular weight excluding hydrogens is 361 g/mol. The Hall–Kier alpha value is -1.28. The molecule has 0 unspecified atom stereocenters. The molecule has 0 aromatic carbocycles. The number of hydrogen-bond donors (Lipinski definition) is 2. The van der Waals surface area contributed by atoms with Crippen molar-refractivity contribution >= 4 is 54.5 Å². The van der Waals surface area contributed by atoms with Crippen molar-refractivity contribution in [2.75, 3.05) is 5.32 Å². The third-order valence-corrected chi connectivity index (χ3v) is 4.68. The number of aryl methyl sites for hydroxylation is 1. The van der Waals surface area contributed by atoms with Gasteiger partial charge in [0.05, 0.1) is 5.02 Å². The largest absolute Gasteiger partial charge is 0.352 e. The zero-order valence-electron chi connectivity index (χ0n) is 10.4. The van der Waals surface area contributed by atoms with Crippen LogP contribution in [0.15, 0.2) is 23.2 Å². The van der Waals surface area contributed by atoms with Gasteiger partial charge < -0.3 is 10.3 Å². The van der Waals surface area contributed by atoms with Crippen LogP contribution in [0.4, 0.5) is 5.69 Å². The Bertz CT molecular complexity index is 817. The van der Waals surface area contributed by atoms with Crippen molar-refractivity contribution in [3.8, 4) is 0 Å². The topological polar surface area (TPSA) is 91.9 Å². The standard InChI is InChI=1S/C11H8Cl3N3O3S/c1-5-10(21(14,19)20)8(13)9(16-5)11(18)17-6-2-3-15-7(12)4-6/h2-4,16H,1H3,(H,15,17,18). The average Bonchev–Trinajstić information content (AvgIpc) is 2.64. The lowest BCUT2D eigenvalue weighted by Gasteiger charge is -2.04. The average molecular weight is 369 g/mol. The van der Waals surface area contributed by atoms with Crippen molar-refractivity contribution in [3.63, 3.8) is 0 Å². The highest BCUT2D eigenvalue weighted by Crippen LogP contribution is 2.31. The van der Waals surface area contributed by atoms with Gasteiger partial charge in [-0.3, -0.25) is 4.79 Å². The molecule has 10 heteroatoms. The van der Waals surface area contributed by atoms with E-state index in [4.69, 9.17) is 33.9 Å². The zero-order chi connectivity index (χ0) is 15.8. The van der Waals surface area contributed by atoms with Gasteiger partial charge in [-0.1, -0.05) is 23.2 Å². The molecule has 6 nitrogen and oxygen atoms in total. The summed E-state index contributed by atoms with van der Waals surface area (Å²) in [5, 5.41) is 2.45. The minimum atomic E-state index is -4.06. The molecule has 0 bridgehead atoms. The highest BCUT2D eigenvalue weighted by atomic mass is 35.7. The molecule has 1 amide bonds. The number of rotatable bonds is 3. The normalized spacial score (nSPS) is 11.4. The second-order valence-corrected chi connectivity index (χ2v) is 7.30. The van der Waals surface area contributed by atoms with Gasteiger partial charge in [0.2, 0.25) is 0 Å². The van der Waals surface area contributed by atoms with E-state index in [-0.39, 0.29) is 26.5 Å². The Kier molecular flexibility index (Phi) is 4.48. The van der Waals surface area contributed by atoms with E-state index in [1.807, 2.05) is 0 Å². The van der Waals surface area contributed by atoms with Crippen LogP contribution in [0.2, 0.25) is 10.2 Å². The van der Waals surface area contributed by atoms with Crippen LogP contribution in [0, 0.1) is 6.92 Å². The summed E-state index contributed by atoms with van der Waals surface area (Å²) in [6.45, 7) is 1.45. The number of pyridine rings is 1. The molecule has 0 saturated heterocycles. The van der Waals surface area contributed by atoms with Gasteiger partial charge in [-0.2, -0.15) is 0 Å². The summed E-state index contributed by atoms with van der Waals surface area (Å²) in [7, 11) is 1.22. The maximum Gasteiger partial charge on any atom is 0.273 e. The van der Waals surface area contributed by atoms with Gasteiger partial charge in [-0.25, -0.2) is 13.4 Å². The number of H-pyrrole nitrogens is 1. The van der Waals surface area contributed by atoms with Crippen molar-refractivity contribution in [1.82, 2.24) is 9.97 Å². The van der Waals surface area contributed by atoms with Gasteiger partial charge in [0, 0.05) is 28.3 Å². The number of amides is 1. The highest BCUT2D eigenvalue weighted by molar-refractivity contribution is 8.13. The number of aromatic nitrogens is 2. The van der Waals surface area contributed by atoms with Crippen LogP contribution in [0.25, 0.3) is 0 Å². The summed E-state index contributed by atoms with van der Waals surface area (Å²) < 4.78 is 22.8. The monoisotopic (exact) mass is 367 g/mol. The molecule has 2 aromatic rings. The summed E-state index contributed by atoms with van der Waals surface area (Å²) in [4.78, 5) is 18.2. The Balaban J connectivity index is 2.37. The molecule has 2 heterocycles. The van der Waals surface area contributed by atoms with E-state index >= 15 is 0 Å². The van der Waals surface area contributed by atoms with Crippen molar-refractivity contribution in [2.45, 2.75) is 11.8 Å². The maximum absolute atomic E-state index is 12.1. The van der Waals surface area contributed by atoms with Crippen LogP contribution < -0.4 is 5.32 Å². The van der Waals surface area contributed by atoms with Crippen molar-refractivity contribution in [2.24, 2.45) is 0 Å². The van der Waals surface area contributed by atoms with Gasteiger partial charge in [0.15, 0.2) is 0 Å². The van der Waals surface area contributed by atoms with Gasteiger partial charge >= 0.3 is 0 Å². The molecule has 112 valence electrons. The fraction of sp³-hybridized carbons (Fsp3) is 0.0909. The van der Waals surface area contributed by atoms with E-state index in [0.29, 0.717) is 5.69 Å². The fourth-order valence-electron chi connectivity index (χ4n) is 1.70. The van der Waals surface area contributed by atoms with E-state index in [0.717, 1.165) is 0 Å². The Morgan fingerprint density at radius 3 is 2.57 bits per heavy atom. The first-order chi connectivity index (χ1) is 9.70. The van der Waals surface area contributed by atoms with Crippen LogP contribution in [-0.2, 0) is 9.05 Å². The van der Waals surface area contributed by atoms with E-state index in [1.165, 1.54) is 25.3 Å². The van der Waals surface area contributed by atoms with E-state index in [9.17, 15) is 13.2 Å². The second-order valence-electron chi connectivity index (χ2n) is 4.03. The lowest BCUT2D eigenvalue weighted by Crippen LogP contribution is -2.13. The molecule has 2 N–H and O–H groups in total. The number of halogens is 3. The van der Waals surface area contributed by atoms with Gasteiger partial charge in [-0.05, 0) is 19.1 Å². The number of carbonyl (C=O) groups excluding carboxylic acids is 1.